The van der Waals surface area contributed by atoms with E-state index in [4.69, 9.17) is 0 Å². The van der Waals surface area contributed by atoms with Crippen LogP contribution >= 0.6 is 15.9 Å². The predicted octanol–water partition coefficient (Wildman–Crippen LogP) is 2.99. The van der Waals surface area contributed by atoms with Crippen molar-refractivity contribution in [3.8, 4) is 0 Å². The van der Waals surface area contributed by atoms with Gasteiger partial charge in [0.1, 0.15) is 0 Å². The summed E-state index contributed by atoms with van der Waals surface area (Å²) >= 11 is 3.49. The van der Waals surface area contributed by atoms with Crippen LogP contribution in [0.1, 0.15) is 40.5 Å². The summed E-state index contributed by atoms with van der Waals surface area (Å²) in [6.07, 6.45) is 0. The first-order valence-corrected chi connectivity index (χ1v) is 8.01. The molecule has 0 saturated heterocycles. The Hall–Kier alpha value is -2.28. The van der Waals surface area contributed by atoms with E-state index in [2.05, 4.69) is 36.3 Å². The van der Waals surface area contributed by atoms with E-state index in [1.807, 2.05) is 51.1 Å². The van der Waals surface area contributed by atoms with Gasteiger partial charge in [-0.15, -0.1) is 5.10 Å². The van der Waals surface area contributed by atoms with Crippen LogP contribution < -0.4 is 5.32 Å². The Morgan fingerprint density at radius 3 is 2.74 bits per heavy atom. The number of aromatic nitrogens is 4. The van der Waals surface area contributed by atoms with Gasteiger partial charge in [-0.2, -0.15) is 4.98 Å². The van der Waals surface area contributed by atoms with Crippen molar-refractivity contribution in [1.82, 2.24) is 24.9 Å². The van der Waals surface area contributed by atoms with Crippen LogP contribution in [-0.4, -0.2) is 25.5 Å². The molecule has 0 aliphatic heterocycles. The maximum atomic E-state index is 12.4. The molecule has 0 saturated carbocycles. The summed E-state index contributed by atoms with van der Waals surface area (Å²) in [5.41, 5.74) is 2.73. The van der Waals surface area contributed by atoms with Crippen molar-refractivity contribution in [3.63, 3.8) is 0 Å². The van der Waals surface area contributed by atoms with Crippen LogP contribution in [0.15, 0.2) is 34.8 Å². The molecule has 118 valence electrons. The maximum Gasteiger partial charge on any atom is 0.291 e. The van der Waals surface area contributed by atoms with E-state index in [9.17, 15) is 4.79 Å². The highest BCUT2D eigenvalue weighted by molar-refractivity contribution is 9.10. The second-order valence-electron chi connectivity index (χ2n) is 5.40. The number of fused-ring (bicyclic) bond motifs is 1. The summed E-state index contributed by atoms with van der Waals surface area (Å²) in [5, 5.41) is 7.16. The van der Waals surface area contributed by atoms with E-state index >= 15 is 0 Å². The molecule has 1 unspecified atom stereocenters. The van der Waals surface area contributed by atoms with Crippen molar-refractivity contribution in [1.29, 1.82) is 0 Å². The molecule has 1 N–H and O–H groups in total. The Morgan fingerprint density at radius 2 is 2.00 bits per heavy atom. The molecule has 0 radical (unpaired) electrons. The molecule has 0 aliphatic rings. The van der Waals surface area contributed by atoms with Gasteiger partial charge in [-0.3, -0.25) is 4.79 Å². The van der Waals surface area contributed by atoms with Gasteiger partial charge in [-0.1, -0.05) is 34.1 Å². The Morgan fingerprint density at radius 1 is 1.26 bits per heavy atom. The van der Waals surface area contributed by atoms with Crippen molar-refractivity contribution in [2.45, 2.75) is 26.8 Å². The van der Waals surface area contributed by atoms with Gasteiger partial charge in [-0.05, 0) is 38.5 Å². The zero-order chi connectivity index (χ0) is 16.6. The molecule has 0 fully saturated rings. The number of benzene rings is 1. The summed E-state index contributed by atoms with van der Waals surface area (Å²) in [4.78, 5) is 20.9. The molecule has 0 aliphatic carbocycles. The number of carbonyl (C=O) groups is 1. The molecule has 0 bridgehead atoms. The molecule has 2 heterocycles. The summed E-state index contributed by atoms with van der Waals surface area (Å²) in [7, 11) is 0. The lowest BCUT2D eigenvalue weighted by Crippen LogP contribution is -2.27. The minimum atomic E-state index is -0.323. The summed E-state index contributed by atoms with van der Waals surface area (Å²) in [6, 6.07) is 9.50. The van der Waals surface area contributed by atoms with Crippen molar-refractivity contribution in [2.24, 2.45) is 0 Å². The molecule has 1 atom stereocenters. The van der Waals surface area contributed by atoms with Crippen LogP contribution in [0, 0.1) is 13.8 Å². The fraction of sp³-hybridized carbons (Fsp3) is 0.250. The monoisotopic (exact) mass is 373 g/mol. The Balaban J connectivity index is 1.86. The molecule has 3 rings (SSSR count). The van der Waals surface area contributed by atoms with Gasteiger partial charge >= 0.3 is 0 Å². The maximum absolute atomic E-state index is 12.4. The van der Waals surface area contributed by atoms with Crippen molar-refractivity contribution >= 4 is 27.6 Å². The molecular weight excluding hydrogens is 358 g/mol. The first kappa shape index (κ1) is 15.6. The zero-order valence-electron chi connectivity index (χ0n) is 13.0. The van der Waals surface area contributed by atoms with E-state index in [-0.39, 0.29) is 17.8 Å². The number of nitrogens with zero attached hydrogens (tertiary/aromatic N) is 4. The third-order valence-corrected chi connectivity index (χ3v) is 4.26. The number of hydrogen-bond donors (Lipinski definition) is 1. The Labute approximate surface area is 142 Å². The standard InChI is InChI=1S/C16H16BrN5O/c1-9-8-10(2)22-16(18-9)20-14(21-22)15(23)19-11(3)12-6-4-5-7-13(12)17/h4-8,11H,1-3H3,(H,19,23). The smallest absolute Gasteiger partial charge is 0.291 e. The fourth-order valence-electron chi connectivity index (χ4n) is 2.43. The van der Waals surface area contributed by atoms with Crippen molar-refractivity contribution < 1.29 is 4.79 Å². The van der Waals surface area contributed by atoms with E-state index in [0.29, 0.717) is 5.78 Å². The third kappa shape index (κ3) is 3.10. The molecule has 1 aromatic carbocycles. The van der Waals surface area contributed by atoms with Gasteiger partial charge in [0, 0.05) is 15.9 Å². The number of rotatable bonds is 3. The molecular formula is C16H16BrN5O. The number of halogens is 1. The second kappa shape index (κ2) is 6.08. The Bertz CT molecular complexity index is 889. The number of aryl methyl sites for hydroxylation is 2. The largest absolute Gasteiger partial charge is 0.343 e. The van der Waals surface area contributed by atoms with Crippen LogP contribution in [-0.2, 0) is 0 Å². The van der Waals surface area contributed by atoms with Crippen LogP contribution in [0.4, 0.5) is 0 Å². The Kier molecular flexibility index (Phi) is 4.12. The molecule has 3 aromatic rings. The van der Waals surface area contributed by atoms with Crippen LogP contribution in [0.5, 0.6) is 0 Å². The lowest BCUT2D eigenvalue weighted by molar-refractivity contribution is 0.0929. The van der Waals surface area contributed by atoms with Crippen molar-refractivity contribution in [3.05, 3.63) is 57.6 Å². The summed E-state index contributed by atoms with van der Waals surface area (Å²) in [6.45, 7) is 5.71. The van der Waals surface area contributed by atoms with Gasteiger partial charge in [-0.25, -0.2) is 9.50 Å². The average Bonchev–Trinajstić information content (AvgIpc) is 2.92. The van der Waals surface area contributed by atoms with Crippen LogP contribution in [0.25, 0.3) is 5.78 Å². The van der Waals surface area contributed by atoms with Gasteiger partial charge in [0.25, 0.3) is 11.7 Å². The van der Waals surface area contributed by atoms with Gasteiger partial charge in [0.05, 0.1) is 6.04 Å². The molecule has 23 heavy (non-hydrogen) atoms. The summed E-state index contributed by atoms with van der Waals surface area (Å²) in [5.74, 6) is 0.224. The highest BCUT2D eigenvalue weighted by Gasteiger charge is 2.18. The lowest BCUT2D eigenvalue weighted by Gasteiger charge is -2.14. The molecule has 0 spiro atoms. The molecule has 2 aromatic heterocycles. The lowest BCUT2D eigenvalue weighted by atomic mass is 10.1. The highest BCUT2D eigenvalue weighted by atomic mass is 79.9. The first-order valence-electron chi connectivity index (χ1n) is 7.22. The van der Waals surface area contributed by atoms with Gasteiger partial charge in [0.2, 0.25) is 5.82 Å². The normalized spacial score (nSPS) is 12.3. The van der Waals surface area contributed by atoms with Gasteiger partial charge < -0.3 is 5.32 Å². The third-order valence-electron chi connectivity index (χ3n) is 3.54. The van der Waals surface area contributed by atoms with Crippen LogP contribution in [0.3, 0.4) is 0 Å². The van der Waals surface area contributed by atoms with Crippen molar-refractivity contribution in [2.75, 3.05) is 0 Å². The number of amides is 1. The SMILES string of the molecule is Cc1cc(C)n2nc(C(=O)NC(C)c3ccccc3Br)nc2n1. The minimum Gasteiger partial charge on any atom is -0.343 e. The van der Waals surface area contributed by atoms with Gasteiger partial charge in [0.15, 0.2) is 0 Å². The molecule has 7 heteroatoms. The highest BCUT2D eigenvalue weighted by Crippen LogP contribution is 2.22. The van der Waals surface area contributed by atoms with Crippen LogP contribution in [0.2, 0.25) is 0 Å². The number of carbonyl (C=O) groups excluding carboxylic acids is 1. The quantitative estimate of drug-likeness (QED) is 0.765. The summed E-state index contributed by atoms with van der Waals surface area (Å²) < 4.78 is 2.52. The number of nitrogens with one attached hydrogen (secondary N) is 1. The number of hydrogen-bond acceptors (Lipinski definition) is 4. The first-order chi connectivity index (χ1) is 11.0. The fourth-order valence-corrected chi connectivity index (χ4v) is 3.06. The topological polar surface area (TPSA) is 72.2 Å². The van der Waals surface area contributed by atoms with E-state index in [1.54, 1.807) is 4.52 Å². The molecule has 1 amide bonds. The van der Waals surface area contributed by atoms with E-state index in [1.165, 1.54) is 0 Å². The second-order valence-corrected chi connectivity index (χ2v) is 6.26. The zero-order valence-corrected chi connectivity index (χ0v) is 14.6. The predicted molar refractivity (Wildman–Crippen MR) is 90.3 cm³/mol. The van der Waals surface area contributed by atoms with E-state index < -0.39 is 0 Å². The minimum absolute atomic E-state index is 0.116. The van der Waals surface area contributed by atoms with E-state index in [0.717, 1.165) is 21.4 Å². The average molecular weight is 374 g/mol. The molecule has 6 nitrogen and oxygen atoms in total.